The summed E-state index contributed by atoms with van der Waals surface area (Å²) in [6.07, 6.45) is 0. The Morgan fingerprint density at radius 2 is 2.33 bits per heavy atom. The molecule has 1 saturated heterocycles. The van der Waals surface area contributed by atoms with E-state index in [1.54, 1.807) is 12.1 Å². The molecule has 15 heavy (non-hydrogen) atoms. The molecular weight excluding hydrogens is 265 g/mol. The van der Waals surface area contributed by atoms with Crippen LogP contribution in [0.5, 0.6) is 5.75 Å². The Labute approximate surface area is 95.4 Å². The quantitative estimate of drug-likeness (QED) is 0.823. The first-order valence-electron chi connectivity index (χ1n) is 4.68. The van der Waals surface area contributed by atoms with Crippen LogP contribution in [0.15, 0.2) is 16.6 Å². The first-order chi connectivity index (χ1) is 7.20. The lowest BCUT2D eigenvalue weighted by atomic mass is 10.1. The van der Waals surface area contributed by atoms with Crippen LogP contribution in [0.25, 0.3) is 0 Å². The van der Waals surface area contributed by atoms with Crippen LogP contribution in [-0.2, 0) is 4.74 Å². The zero-order valence-electron chi connectivity index (χ0n) is 7.96. The molecule has 1 aliphatic heterocycles. The van der Waals surface area contributed by atoms with Crippen molar-refractivity contribution < 1.29 is 14.2 Å². The average Bonchev–Trinajstić information content (AvgIpc) is 2.27. The fraction of sp³-hybridized carbons (Fsp3) is 0.400. The zero-order chi connectivity index (χ0) is 10.8. The van der Waals surface area contributed by atoms with Crippen LogP contribution in [0.3, 0.4) is 0 Å². The van der Waals surface area contributed by atoms with E-state index >= 15 is 0 Å². The third-order valence-electron chi connectivity index (χ3n) is 2.40. The fourth-order valence-electron chi connectivity index (χ4n) is 1.60. The molecule has 2 N–H and O–H groups in total. The molecule has 0 unspecified atom stereocenters. The molecule has 0 radical (unpaired) electrons. The number of nitrogens with one attached hydrogen (secondary N) is 1. The van der Waals surface area contributed by atoms with Gasteiger partial charge < -0.3 is 15.2 Å². The second-order valence-electron chi connectivity index (χ2n) is 3.38. The first kappa shape index (κ1) is 10.9. The van der Waals surface area contributed by atoms with E-state index in [1.807, 2.05) is 0 Å². The normalized spacial score (nSPS) is 21.6. The molecule has 0 spiro atoms. The summed E-state index contributed by atoms with van der Waals surface area (Å²) >= 11 is 3.02. The summed E-state index contributed by atoms with van der Waals surface area (Å²) in [6, 6.07) is 3.14. The minimum atomic E-state index is -0.625. The topological polar surface area (TPSA) is 41.5 Å². The molecule has 0 aliphatic carbocycles. The Morgan fingerprint density at radius 3 is 3.00 bits per heavy atom. The van der Waals surface area contributed by atoms with Crippen molar-refractivity contribution in [1.82, 2.24) is 5.32 Å². The number of ether oxygens (including phenoxy) is 1. The van der Waals surface area contributed by atoms with Gasteiger partial charge in [-0.25, -0.2) is 4.39 Å². The monoisotopic (exact) mass is 275 g/mol. The van der Waals surface area contributed by atoms with Crippen molar-refractivity contribution in [1.29, 1.82) is 0 Å². The average molecular weight is 276 g/mol. The van der Waals surface area contributed by atoms with Crippen LogP contribution >= 0.6 is 15.9 Å². The number of phenols is 1. The molecule has 1 aromatic rings. The van der Waals surface area contributed by atoms with Crippen molar-refractivity contribution in [3.8, 4) is 5.75 Å². The van der Waals surface area contributed by atoms with Gasteiger partial charge in [0.15, 0.2) is 11.6 Å². The van der Waals surface area contributed by atoms with Gasteiger partial charge in [-0.1, -0.05) is 6.07 Å². The predicted octanol–water partition coefficient (Wildman–Crippen LogP) is 1.95. The van der Waals surface area contributed by atoms with Gasteiger partial charge in [-0.3, -0.25) is 0 Å². The summed E-state index contributed by atoms with van der Waals surface area (Å²) in [5.74, 6) is -0.938. The van der Waals surface area contributed by atoms with Gasteiger partial charge in [0, 0.05) is 12.1 Å². The first-order valence-corrected chi connectivity index (χ1v) is 5.47. The maximum atomic E-state index is 13.4. The van der Waals surface area contributed by atoms with E-state index in [0.29, 0.717) is 25.3 Å². The molecule has 0 amide bonds. The summed E-state index contributed by atoms with van der Waals surface area (Å²) in [5.41, 5.74) is 0.537. The van der Waals surface area contributed by atoms with Crippen LogP contribution < -0.4 is 5.32 Å². The Balaban J connectivity index is 2.31. The van der Waals surface area contributed by atoms with E-state index in [4.69, 9.17) is 4.74 Å². The van der Waals surface area contributed by atoms with Crippen molar-refractivity contribution in [3.63, 3.8) is 0 Å². The van der Waals surface area contributed by atoms with E-state index in [2.05, 4.69) is 21.2 Å². The number of benzene rings is 1. The molecule has 82 valence electrons. The molecule has 1 fully saturated rings. The lowest BCUT2D eigenvalue weighted by Gasteiger charge is -2.24. The van der Waals surface area contributed by atoms with Gasteiger partial charge in [0.2, 0.25) is 0 Å². The highest BCUT2D eigenvalue weighted by Crippen LogP contribution is 2.32. The summed E-state index contributed by atoms with van der Waals surface area (Å²) in [6.45, 7) is 1.81. The van der Waals surface area contributed by atoms with Crippen molar-refractivity contribution in [2.45, 2.75) is 6.04 Å². The predicted molar refractivity (Wildman–Crippen MR) is 57.3 cm³/mol. The smallest absolute Gasteiger partial charge is 0.179 e. The van der Waals surface area contributed by atoms with Crippen molar-refractivity contribution in [3.05, 3.63) is 28.0 Å². The Bertz CT molecular complexity index is 367. The summed E-state index contributed by atoms with van der Waals surface area (Å²) in [7, 11) is 0. The highest BCUT2D eigenvalue weighted by molar-refractivity contribution is 9.10. The van der Waals surface area contributed by atoms with Crippen LogP contribution in [-0.4, -0.2) is 24.9 Å². The molecule has 0 aromatic heterocycles. The third-order valence-corrected chi connectivity index (χ3v) is 3.01. The van der Waals surface area contributed by atoms with Gasteiger partial charge in [-0.05, 0) is 22.0 Å². The maximum absolute atomic E-state index is 13.4. The fourth-order valence-corrected chi connectivity index (χ4v) is 1.92. The molecule has 1 atom stereocenters. The Kier molecular flexibility index (Phi) is 3.23. The van der Waals surface area contributed by atoms with Crippen molar-refractivity contribution in [2.24, 2.45) is 0 Å². The maximum Gasteiger partial charge on any atom is 0.179 e. The number of morpholine rings is 1. The molecule has 1 heterocycles. The molecule has 5 heteroatoms. The molecular formula is C10H11BrFNO2. The second kappa shape index (κ2) is 4.47. The van der Waals surface area contributed by atoms with E-state index in [0.717, 1.165) is 0 Å². The van der Waals surface area contributed by atoms with Crippen molar-refractivity contribution >= 4 is 15.9 Å². The van der Waals surface area contributed by atoms with Gasteiger partial charge in [-0.2, -0.15) is 0 Å². The van der Waals surface area contributed by atoms with E-state index < -0.39 is 5.82 Å². The van der Waals surface area contributed by atoms with Crippen LogP contribution in [0, 0.1) is 5.82 Å². The number of phenolic OH excluding ortho intramolecular Hbond substituents is 1. The minimum Gasteiger partial charge on any atom is -0.505 e. The third kappa shape index (κ3) is 2.14. The van der Waals surface area contributed by atoms with Gasteiger partial charge in [-0.15, -0.1) is 0 Å². The standard InChI is InChI=1S/C10H11BrFNO2/c11-7-2-1-6(10(14)9(7)12)8-5-15-4-3-13-8/h1-2,8,13-14H,3-5H2/t8-/m1/s1. The molecule has 0 saturated carbocycles. The molecule has 1 aromatic carbocycles. The number of hydrogen-bond donors (Lipinski definition) is 2. The summed E-state index contributed by atoms with van der Waals surface area (Å²) in [5, 5.41) is 12.8. The SMILES string of the molecule is Oc1c([C@H]2COCCN2)ccc(Br)c1F. The molecule has 0 bridgehead atoms. The second-order valence-corrected chi connectivity index (χ2v) is 4.24. The Hall–Kier alpha value is -0.650. The van der Waals surface area contributed by atoms with Crippen LogP contribution in [0.2, 0.25) is 0 Å². The highest BCUT2D eigenvalue weighted by atomic mass is 79.9. The number of hydrogen-bond acceptors (Lipinski definition) is 3. The van der Waals surface area contributed by atoms with Crippen LogP contribution in [0.4, 0.5) is 4.39 Å². The van der Waals surface area contributed by atoms with E-state index in [1.165, 1.54) is 0 Å². The number of halogens is 2. The Morgan fingerprint density at radius 1 is 1.53 bits per heavy atom. The van der Waals surface area contributed by atoms with E-state index in [9.17, 15) is 9.50 Å². The minimum absolute atomic E-state index is 0.138. The van der Waals surface area contributed by atoms with Gasteiger partial charge in [0.1, 0.15) is 0 Å². The lowest BCUT2D eigenvalue weighted by molar-refractivity contribution is 0.0759. The van der Waals surface area contributed by atoms with Gasteiger partial charge in [0.25, 0.3) is 0 Å². The highest BCUT2D eigenvalue weighted by Gasteiger charge is 2.21. The largest absolute Gasteiger partial charge is 0.505 e. The summed E-state index contributed by atoms with van der Waals surface area (Å²) < 4.78 is 18.9. The van der Waals surface area contributed by atoms with Gasteiger partial charge in [0.05, 0.1) is 23.7 Å². The zero-order valence-corrected chi connectivity index (χ0v) is 9.55. The number of aromatic hydroxyl groups is 1. The lowest BCUT2D eigenvalue weighted by Crippen LogP contribution is -2.34. The van der Waals surface area contributed by atoms with Crippen LogP contribution in [0.1, 0.15) is 11.6 Å². The van der Waals surface area contributed by atoms with Crippen molar-refractivity contribution in [2.75, 3.05) is 19.8 Å². The summed E-state index contributed by atoms with van der Waals surface area (Å²) in [4.78, 5) is 0. The molecule has 1 aliphatic rings. The number of rotatable bonds is 1. The van der Waals surface area contributed by atoms with E-state index in [-0.39, 0.29) is 16.3 Å². The van der Waals surface area contributed by atoms with Gasteiger partial charge >= 0.3 is 0 Å². The molecule has 2 rings (SSSR count). The molecule has 3 nitrogen and oxygen atoms in total.